The molecule has 3 rings (SSSR count). The molecule has 0 unspecified atom stereocenters. The standard InChI is InChI=1S/C15H10F2N2O/c1-20-15-13-11(17)7-10(16)8-12(13)18-14(19-15)9-5-3-2-4-6-9/h2-8H,1H3. The normalized spacial score (nSPS) is 10.8. The van der Waals surface area contributed by atoms with Crippen LogP contribution in [0.5, 0.6) is 5.88 Å². The van der Waals surface area contributed by atoms with E-state index in [1.807, 2.05) is 30.3 Å². The van der Waals surface area contributed by atoms with Gasteiger partial charge >= 0.3 is 0 Å². The van der Waals surface area contributed by atoms with Gasteiger partial charge in [0.1, 0.15) is 11.6 Å². The van der Waals surface area contributed by atoms with Crippen LogP contribution in [0.2, 0.25) is 0 Å². The zero-order valence-electron chi connectivity index (χ0n) is 10.6. The Morgan fingerprint density at radius 3 is 2.45 bits per heavy atom. The van der Waals surface area contributed by atoms with E-state index in [1.165, 1.54) is 7.11 Å². The summed E-state index contributed by atoms with van der Waals surface area (Å²) in [6, 6.07) is 11.1. The van der Waals surface area contributed by atoms with Gasteiger partial charge in [-0.05, 0) is 0 Å². The zero-order chi connectivity index (χ0) is 14.1. The highest BCUT2D eigenvalue weighted by Crippen LogP contribution is 2.29. The van der Waals surface area contributed by atoms with Gasteiger partial charge in [-0.2, -0.15) is 4.98 Å². The predicted molar refractivity (Wildman–Crippen MR) is 71.4 cm³/mol. The van der Waals surface area contributed by atoms with Gasteiger partial charge in [-0.1, -0.05) is 30.3 Å². The molecule has 20 heavy (non-hydrogen) atoms. The molecule has 2 aromatic carbocycles. The largest absolute Gasteiger partial charge is 0.480 e. The molecule has 1 heterocycles. The first-order chi connectivity index (χ1) is 9.69. The first-order valence-electron chi connectivity index (χ1n) is 5.95. The molecule has 0 saturated carbocycles. The highest BCUT2D eigenvalue weighted by Gasteiger charge is 2.15. The average Bonchev–Trinajstić information content (AvgIpc) is 2.46. The molecule has 100 valence electrons. The molecule has 0 saturated heterocycles. The van der Waals surface area contributed by atoms with E-state index >= 15 is 0 Å². The number of methoxy groups -OCH3 is 1. The quantitative estimate of drug-likeness (QED) is 0.715. The lowest BCUT2D eigenvalue weighted by Gasteiger charge is -2.08. The number of hydrogen-bond donors (Lipinski definition) is 0. The summed E-state index contributed by atoms with van der Waals surface area (Å²) in [6.07, 6.45) is 0. The number of benzene rings is 2. The summed E-state index contributed by atoms with van der Waals surface area (Å²) in [5.41, 5.74) is 0.922. The number of rotatable bonds is 2. The molecule has 0 aliphatic rings. The minimum absolute atomic E-state index is 0.0774. The van der Waals surface area contributed by atoms with Gasteiger partial charge in [-0.3, -0.25) is 0 Å². The molecular weight excluding hydrogens is 262 g/mol. The number of hydrogen-bond acceptors (Lipinski definition) is 3. The third kappa shape index (κ3) is 2.07. The van der Waals surface area contributed by atoms with Crippen molar-refractivity contribution in [3.63, 3.8) is 0 Å². The van der Waals surface area contributed by atoms with Gasteiger partial charge in [0.25, 0.3) is 0 Å². The third-order valence-electron chi connectivity index (χ3n) is 2.91. The second-order valence-corrected chi connectivity index (χ2v) is 4.20. The summed E-state index contributed by atoms with van der Waals surface area (Å²) in [6.45, 7) is 0. The van der Waals surface area contributed by atoms with Crippen molar-refractivity contribution in [1.29, 1.82) is 0 Å². The SMILES string of the molecule is COc1nc(-c2ccccc2)nc2cc(F)cc(F)c12. The first kappa shape index (κ1) is 12.5. The summed E-state index contributed by atoms with van der Waals surface area (Å²) < 4.78 is 32.3. The fourth-order valence-corrected chi connectivity index (χ4v) is 2.02. The van der Waals surface area contributed by atoms with Crippen molar-refractivity contribution >= 4 is 10.9 Å². The van der Waals surface area contributed by atoms with Gasteiger partial charge < -0.3 is 4.74 Å². The third-order valence-corrected chi connectivity index (χ3v) is 2.91. The Balaban J connectivity index is 2.32. The summed E-state index contributed by atoms with van der Waals surface area (Å²) in [4.78, 5) is 8.39. The number of fused-ring (bicyclic) bond motifs is 1. The fourth-order valence-electron chi connectivity index (χ4n) is 2.02. The van der Waals surface area contributed by atoms with Crippen LogP contribution < -0.4 is 4.74 Å². The van der Waals surface area contributed by atoms with Gasteiger partial charge in [0.05, 0.1) is 18.0 Å². The van der Waals surface area contributed by atoms with Crippen molar-refractivity contribution in [2.24, 2.45) is 0 Å². The molecule has 5 heteroatoms. The maximum Gasteiger partial charge on any atom is 0.227 e. The molecule has 1 aromatic heterocycles. The van der Waals surface area contributed by atoms with Crippen LogP contribution in [0, 0.1) is 11.6 Å². The Hall–Kier alpha value is -2.56. The van der Waals surface area contributed by atoms with E-state index in [1.54, 1.807) is 0 Å². The summed E-state index contributed by atoms with van der Waals surface area (Å²) >= 11 is 0. The Morgan fingerprint density at radius 2 is 1.75 bits per heavy atom. The molecule has 0 N–H and O–H groups in total. The summed E-state index contributed by atoms with van der Waals surface area (Å²) in [7, 11) is 1.39. The van der Waals surface area contributed by atoms with Gasteiger partial charge in [0, 0.05) is 17.7 Å². The Morgan fingerprint density at radius 1 is 1.00 bits per heavy atom. The van der Waals surface area contributed by atoms with Crippen LogP contribution in [-0.4, -0.2) is 17.1 Å². The Labute approximate surface area is 113 Å². The van der Waals surface area contributed by atoms with Crippen molar-refractivity contribution in [3.8, 4) is 17.3 Å². The van der Waals surface area contributed by atoms with Crippen LogP contribution >= 0.6 is 0 Å². The van der Waals surface area contributed by atoms with E-state index in [4.69, 9.17) is 4.74 Å². The van der Waals surface area contributed by atoms with Crippen LogP contribution in [0.15, 0.2) is 42.5 Å². The van der Waals surface area contributed by atoms with Crippen LogP contribution in [0.25, 0.3) is 22.3 Å². The number of halogens is 2. The molecule has 3 aromatic rings. The zero-order valence-corrected chi connectivity index (χ0v) is 10.6. The number of aromatic nitrogens is 2. The van der Waals surface area contributed by atoms with Gasteiger partial charge in [-0.15, -0.1) is 0 Å². The van der Waals surface area contributed by atoms with Crippen molar-refractivity contribution in [1.82, 2.24) is 9.97 Å². The molecule has 0 amide bonds. The monoisotopic (exact) mass is 272 g/mol. The second-order valence-electron chi connectivity index (χ2n) is 4.20. The maximum atomic E-state index is 13.8. The average molecular weight is 272 g/mol. The maximum absolute atomic E-state index is 13.8. The van der Waals surface area contributed by atoms with Crippen LogP contribution in [0.1, 0.15) is 0 Å². The van der Waals surface area contributed by atoms with E-state index in [2.05, 4.69) is 9.97 Å². The van der Waals surface area contributed by atoms with E-state index in [9.17, 15) is 8.78 Å². The van der Waals surface area contributed by atoms with Gasteiger partial charge in [-0.25, -0.2) is 13.8 Å². The Bertz CT molecular complexity index is 776. The molecule has 0 radical (unpaired) electrons. The van der Waals surface area contributed by atoms with Crippen LogP contribution in [-0.2, 0) is 0 Å². The van der Waals surface area contributed by atoms with Crippen LogP contribution in [0.4, 0.5) is 8.78 Å². The highest BCUT2D eigenvalue weighted by molar-refractivity contribution is 5.86. The predicted octanol–water partition coefficient (Wildman–Crippen LogP) is 3.58. The lowest BCUT2D eigenvalue weighted by molar-refractivity contribution is 0.401. The highest BCUT2D eigenvalue weighted by atomic mass is 19.1. The lowest BCUT2D eigenvalue weighted by atomic mass is 10.2. The van der Waals surface area contributed by atoms with E-state index in [-0.39, 0.29) is 16.8 Å². The number of nitrogens with zero attached hydrogens (tertiary/aromatic N) is 2. The molecule has 3 nitrogen and oxygen atoms in total. The van der Waals surface area contributed by atoms with Crippen molar-refractivity contribution in [3.05, 3.63) is 54.1 Å². The van der Waals surface area contributed by atoms with Crippen molar-refractivity contribution < 1.29 is 13.5 Å². The topological polar surface area (TPSA) is 35.0 Å². The summed E-state index contributed by atoms with van der Waals surface area (Å²) in [5, 5.41) is 0.0774. The molecule has 0 bridgehead atoms. The molecular formula is C15H10F2N2O. The van der Waals surface area contributed by atoms with Gasteiger partial charge in [0.15, 0.2) is 5.82 Å². The fraction of sp³-hybridized carbons (Fsp3) is 0.0667. The molecule has 0 aliphatic heterocycles. The molecule has 0 spiro atoms. The van der Waals surface area contributed by atoms with E-state index < -0.39 is 11.6 Å². The molecule has 0 aliphatic carbocycles. The number of ether oxygens (including phenoxy) is 1. The van der Waals surface area contributed by atoms with Crippen molar-refractivity contribution in [2.45, 2.75) is 0 Å². The van der Waals surface area contributed by atoms with E-state index in [0.29, 0.717) is 5.82 Å². The summed E-state index contributed by atoms with van der Waals surface area (Å²) in [5.74, 6) is -0.975. The minimum Gasteiger partial charge on any atom is -0.480 e. The van der Waals surface area contributed by atoms with Gasteiger partial charge in [0.2, 0.25) is 5.88 Å². The second kappa shape index (κ2) is 4.85. The first-order valence-corrected chi connectivity index (χ1v) is 5.95. The van der Waals surface area contributed by atoms with Crippen LogP contribution in [0.3, 0.4) is 0 Å². The van der Waals surface area contributed by atoms with Crippen molar-refractivity contribution in [2.75, 3.05) is 7.11 Å². The smallest absolute Gasteiger partial charge is 0.227 e. The molecule has 0 atom stereocenters. The lowest BCUT2D eigenvalue weighted by Crippen LogP contribution is -1.98. The Kier molecular flexibility index (Phi) is 3.02. The molecule has 0 fully saturated rings. The minimum atomic E-state index is -0.739. The van der Waals surface area contributed by atoms with E-state index in [0.717, 1.165) is 17.7 Å².